The zero-order valence-electron chi connectivity index (χ0n) is 19.8. The number of ether oxygens (including phenoxy) is 1. The highest BCUT2D eigenvalue weighted by Crippen LogP contribution is 2.33. The molecule has 0 fully saturated rings. The summed E-state index contributed by atoms with van der Waals surface area (Å²) in [5, 5.41) is 5.90. The van der Waals surface area contributed by atoms with Crippen LogP contribution < -0.4 is 0 Å². The highest BCUT2D eigenvalue weighted by Gasteiger charge is 2.35. The van der Waals surface area contributed by atoms with E-state index in [1.165, 1.54) is 5.01 Å². The molecule has 0 N–H and O–H groups in total. The van der Waals surface area contributed by atoms with Crippen molar-refractivity contribution in [2.75, 3.05) is 6.61 Å². The van der Waals surface area contributed by atoms with Crippen molar-refractivity contribution in [1.82, 2.24) is 9.99 Å². The van der Waals surface area contributed by atoms with E-state index in [0.717, 1.165) is 22.4 Å². The third-order valence-electron chi connectivity index (χ3n) is 5.93. The van der Waals surface area contributed by atoms with Crippen molar-refractivity contribution in [3.63, 3.8) is 0 Å². The molecule has 0 saturated heterocycles. The van der Waals surface area contributed by atoms with Crippen LogP contribution in [-0.2, 0) is 20.7 Å². The van der Waals surface area contributed by atoms with E-state index in [0.29, 0.717) is 23.8 Å². The second-order valence-corrected chi connectivity index (χ2v) is 8.53. The largest absolute Gasteiger partial charge is 0.467 e. The molecule has 1 aliphatic rings. The Balaban J connectivity index is 1.19. The molecular weight excluding hydrogens is 458 g/mol. The first-order valence-electron chi connectivity index (χ1n) is 11.7. The van der Waals surface area contributed by atoms with Gasteiger partial charge in [0.15, 0.2) is 18.3 Å². The minimum Gasteiger partial charge on any atom is -0.467 e. The summed E-state index contributed by atoms with van der Waals surface area (Å²) in [4.78, 5) is 29.5. The lowest BCUT2D eigenvalue weighted by atomic mass is 10.0. The third kappa shape index (κ3) is 5.27. The molecule has 0 radical (unpaired) electrons. The SMILES string of the molecule is Cc1ccc(C2=NN(C(=O)COC(=O)CCc3ncc(-c4ccccc4)o3)C(c3ccco3)C2)cc1. The molecule has 1 atom stereocenters. The number of benzene rings is 2. The first kappa shape index (κ1) is 23.3. The number of hydrazone groups is 1. The van der Waals surface area contributed by atoms with Gasteiger partial charge in [-0.25, -0.2) is 9.99 Å². The molecule has 1 unspecified atom stereocenters. The maximum absolute atomic E-state index is 13.0. The van der Waals surface area contributed by atoms with Crippen molar-refractivity contribution in [2.24, 2.45) is 5.10 Å². The van der Waals surface area contributed by atoms with Crippen LogP contribution in [-0.4, -0.2) is 34.2 Å². The van der Waals surface area contributed by atoms with Crippen LogP contribution in [0.25, 0.3) is 11.3 Å². The molecule has 3 heterocycles. The van der Waals surface area contributed by atoms with Crippen LogP contribution in [0.2, 0.25) is 0 Å². The molecular formula is C28H25N3O5. The van der Waals surface area contributed by atoms with Crippen LogP contribution in [0.5, 0.6) is 0 Å². The van der Waals surface area contributed by atoms with Crippen molar-refractivity contribution in [2.45, 2.75) is 32.2 Å². The highest BCUT2D eigenvalue weighted by atomic mass is 16.5. The van der Waals surface area contributed by atoms with E-state index >= 15 is 0 Å². The molecule has 8 heteroatoms. The minimum atomic E-state index is -0.515. The maximum atomic E-state index is 13.0. The summed E-state index contributed by atoms with van der Waals surface area (Å²) in [5.41, 5.74) is 3.76. The quantitative estimate of drug-likeness (QED) is 0.324. The number of hydrogen-bond acceptors (Lipinski definition) is 7. The summed E-state index contributed by atoms with van der Waals surface area (Å²) in [5.74, 6) is 0.753. The Labute approximate surface area is 208 Å². The van der Waals surface area contributed by atoms with Crippen LogP contribution in [0, 0.1) is 6.92 Å². The van der Waals surface area contributed by atoms with Crippen molar-refractivity contribution in [3.8, 4) is 11.3 Å². The minimum absolute atomic E-state index is 0.0432. The second kappa shape index (κ2) is 10.4. The third-order valence-corrected chi connectivity index (χ3v) is 5.93. The summed E-state index contributed by atoms with van der Waals surface area (Å²) in [6, 6.07) is 20.7. The number of hydrogen-bond donors (Lipinski definition) is 0. The topological polar surface area (TPSA) is 98.1 Å². The smallest absolute Gasteiger partial charge is 0.306 e. The van der Waals surface area contributed by atoms with Gasteiger partial charge < -0.3 is 13.6 Å². The van der Waals surface area contributed by atoms with Crippen molar-refractivity contribution >= 4 is 17.6 Å². The lowest BCUT2D eigenvalue weighted by Gasteiger charge is -2.19. The second-order valence-electron chi connectivity index (χ2n) is 8.53. The summed E-state index contributed by atoms with van der Waals surface area (Å²) in [7, 11) is 0. The summed E-state index contributed by atoms with van der Waals surface area (Å²) >= 11 is 0. The van der Waals surface area contributed by atoms with Gasteiger partial charge in [-0.15, -0.1) is 0 Å². The van der Waals surface area contributed by atoms with Gasteiger partial charge >= 0.3 is 5.97 Å². The first-order chi connectivity index (χ1) is 17.6. The Morgan fingerprint density at radius 1 is 1.03 bits per heavy atom. The average molecular weight is 484 g/mol. The van der Waals surface area contributed by atoms with Gasteiger partial charge in [0.25, 0.3) is 5.91 Å². The van der Waals surface area contributed by atoms with Gasteiger partial charge in [0.1, 0.15) is 11.8 Å². The number of nitrogens with zero attached hydrogens (tertiary/aromatic N) is 3. The zero-order valence-corrected chi connectivity index (χ0v) is 19.8. The number of rotatable bonds is 8. The fourth-order valence-corrected chi connectivity index (χ4v) is 4.01. The lowest BCUT2D eigenvalue weighted by Crippen LogP contribution is -2.31. The molecule has 0 bridgehead atoms. The maximum Gasteiger partial charge on any atom is 0.306 e. The number of oxazole rings is 1. The van der Waals surface area contributed by atoms with E-state index in [9.17, 15) is 9.59 Å². The zero-order chi connectivity index (χ0) is 24.9. The molecule has 2 aromatic carbocycles. The van der Waals surface area contributed by atoms with Gasteiger partial charge in [-0.05, 0) is 24.6 Å². The lowest BCUT2D eigenvalue weighted by molar-refractivity contribution is -0.153. The van der Waals surface area contributed by atoms with E-state index in [1.807, 2.05) is 67.6 Å². The molecule has 1 amide bonds. The van der Waals surface area contributed by atoms with Crippen LogP contribution >= 0.6 is 0 Å². The Bertz CT molecular complexity index is 1360. The predicted octanol–water partition coefficient (Wildman–Crippen LogP) is 5.10. The van der Waals surface area contributed by atoms with E-state index in [1.54, 1.807) is 18.5 Å². The van der Waals surface area contributed by atoms with Crippen LogP contribution in [0.4, 0.5) is 0 Å². The van der Waals surface area contributed by atoms with Crippen LogP contribution in [0.15, 0.2) is 93.1 Å². The monoisotopic (exact) mass is 483 g/mol. The van der Waals surface area contributed by atoms with Crippen molar-refractivity contribution < 1.29 is 23.2 Å². The molecule has 0 saturated carbocycles. The standard InChI is InChI=1S/C28H25N3O5/c1-19-9-11-20(12-10-19)22-16-23(24-8-5-15-34-24)31(30-22)27(32)18-35-28(33)14-13-26-29-17-25(36-26)21-6-3-2-4-7-21/h2-12,15,17,23H,13-14,16,18H2,1H3. The summed E-state index contributed by atoms with van der Waals surface area (Å²) < 4.78 is 16.5. The Hall–Kier alpha value is -4.46. The number of esters is 1. The van der Waals surface area contributed by atoms with Crippen LogP contribution in [0.3, 0.4) is 0 Å². The van der Waals surface area contributed by atoms with E-state index in [4.69, 9.17) is 13.6 Å². The highest BCUT2D eigenvalue weighted by molar-refractivity contribution is 6.03. The van der Waals surface area contributed by atoms with Gasteiger partial charge in [0, 0.05) is 18.4 Å². The van der Waals surface area contributed by atoms with Gasteiger partial charge in [0.05, 0.1) is 24.6 Å². The van der Waals surface area contributed by atoms with Gasteiger partial charge in [-0.3, -0.25) is 9.59 Å². The molecule has 2 aromatic heterocycles. The molecule has 182 valence electrons. The number of carbonyl (C=O) groups is 2. The molecule has 36 heavy (non-hydrogen) atoms. The Morgan fingerprint density at radius 2 is 1.83 bits per heavy atom. The number of carbonyl (C=O) groups excluding carboxylic acids is 2. The number of aryl methyl sites for hydroxylation is 2. The van der Waals surface area contributed by atoms with Gasteiger partial charge in [-0.1, -0.05) is 60.2 Å². The van der Waals surface area contributed by atoms with E-state index in [-0.39, 0.29) is 12.8 Å². The normalized spacial score (nSPS) is 15.1. The first-order valence-corrected chi connectivity index (χ1v) is 11.7. The van der Waals surface area contributed by atoms with Crippen molar-refractivity contribution in [1.29, 1.82) is 0 Å². The summed E-state index contributed by atoms with van der Waals surface area (Å²) in [6.07, 6.45) is 4.01. The fourth-order valence-electron chi connectivity index (χ4n) is 4.01. The molecule has 0 aliphatic carbocycles. The van der Waals surface area contributed by atoms with Gasteiger partial charge in [-0.2, -0.15) is 5.10 Å². The molecule has 5 rings (SSSR count). The molecule has 4 aromatic rings. The number of aromatic nitrogens is 1. The fraction of sp³-hybridized carbons (Fsp3) is 0.214. The Kier molecular flexibility index (Phi) is 6.75. The molecule has 0 spiro atoms. The molecule has 1 aliphatic heterocycles. The average Bonchev–Trinajstić information content (AvgIpc) is 3.67. The van der Waals surface area contributed by atoms with Gasteiger partial charge in [0.2, 0.25) is 0 Å². The van der Waals surface area contributed by atoms with E-state index in [2.05, 4.69) is 10.1 Å². The van der Waals surface area contributed by atoms with Crippen LogP contribution in [0.1, 0.15) is 41.7 Å². The summed E-state index contributed by atoms with van der Waals surface area (Å²) in [6.45, 7) is 1.60. The number of furan rings is 1. The van der Waals surface area contributed by atoms with Crippen molar-refractivity contribution in [3.05, 3.63) is 102 Å². The number of amides is 1. The predicted molar refractivity (Wildman–Crippen MR) is 132 cm³/mol. The molecule has 8 nitrogen and oxygen atoms in total. The van der Waals surface area contributed by atoms with E-state index < -0.39 is 24.5 Å². The Morgan fingerprint density at radius 3 is 2.58 bits per heavy atom.